The second-order valence-corrected chi connectivity index (χ2v) is 4.91. The first kappa shape index (κ1) is 12.2. The molecule has 2 nitrogen and oxygen atoms in total. The molecule has 84 valence electrons. The molecule has 0 radical (unpaired) electrons. The fourth-order valence-corrected chi connectivity index (χ4v) is 2.03. The quantitative estimate of drug-likeness (QED) is 0.737. The molecule has 17 heavy (non-hydrogen) atoms. The molecule has 4 heteroatoms. The predicted octanol–water partition coefficient (Wildman–Crippen LogP) is 4.61. The molecule has 0 aliphatic carbocycles. The van der Waals surface area contributed by atoms with Gasteiger partial charge in [0.1, 0.15) is 11.5 Å². The Kier molecular flexibility index (Phi) is 3.87. The van der Waals surface area contributed by atoms with Gasteiger partial charge in [-0.15, -0.1) is 0 Å². The molecule has 2 rings (SSSR count). The monoisotopic (exact) mass is 355 g/mol. The van der Waals surface area contributed by atoms with Gasteiger partial charge < -0.3 is 4.74 Å². The average Bonchev–Trinajstić information content (AvgIpc) is 2.34. The van der Waals surface area contributed by atoms with Gasteiger partial charge in [0.15, 0.2) is 0 Å². The molecule has 0 spiro atoms. The molecule has 0 saturated carbocycles. The molecular formula is C13H7ClINO. The van der Waals surface area contributed by atoms with Crippen LogP contribution in [0.4, 0.5) is 0 Å². The van der Waals surface area contributed by atoms with Gasteiger partial charge in [-0.3, -0.25) is 0 Å². The lowest BCUT2D eigenvalue weighted by atomic mass is 10.2. The van der Waals surface area contributed by atoms with E-state index in [2.05, 4.69) is 28.7 Å². The molecule has 0 fully saturated rings. The highest BCUT2D eigenvalue weighted by atomic mass is 127. The molecule has 0 aromatic heterocycles. The maximum absolute atomic E-state index is 8.76. The Labute approximate surface area is 118 Å². The number of hydrogen-bond acceptors (Lipinski definition) is 2. The third-order valence-electron chi connectivity index (χ3n) is 2.10. The van der Waals surface area contributed by atoms with Crippen LogP contribution in [-0.2, 0) is 0 Å². The minimum atomic E-state index is 0.623. The van der Waals surface area contributed by atoms with E-state index < -0.39 is 0 Å². The Balaban J connectivity index is 2.25. The molecular weight excluding hydrogens is 349 g/mol. The van der Waals surface area contributed by atoms with E-state index in [0.717, 1.165) is 15.1 Å². The summed E-state index contributed by atoms with van der Waals surface area (Å²) in [6, 6.07) is 14.5. The van der Waals surface area contributed by atoms with Crippen molar-refractivity contribution in [2.75, 3.05) is 0 Å². The van der Waals surface area contributed by atoms with Crippen molar-refractivity contribution in [2.45, 2.75) is 0 Å². The Hall–Kier alpha value is -1.25. The maximum atomic E-state index is 8.76. The van der Waals surface area contributed by atoms with Gasteiger partial charge in [-0.2, -0.15) is 5.26 Å². The van der Waals surface area contributed by atoms with Crippen LogP contribution in [0.2, 0.25) is 5.02 Å². The molecule has 0 saturated heterocycles. The number of ether oxygens (including phenoxy) is 1. The number of nitriles is 1. The van der Waals surface area contributed by atoms with Crippen molar-refractivity contribution in [3.8, 4) is 17.6 Å². The average molecular weight is 356 g/mol. The fraction of sp³-hybridized carbons (Fsp3) is 0. The van der Waals surface area contributed by atoms with E-state index >= 15 is 0 Å². The summed E-state index contributed by atoms with van der Waals surface area (Å²) in [5, 5.41) is 9.44. The number of halogens is 2. The van der Waals surface area contributed by atoms with Crippen LogP contribution in [-0.4, -0.2) is 0 Å². The molecule has 0 amide bonds. The highest BCUT2D eigenvalue weighted by Crippen LogP contribution is 2.28. The second kappa shape index (κ2) is 5.39. The van der Waals surface area contributed by atoms with Gasteiger partial charge in [0, 0.05) is 5.02 Å². The van der Waals surface area contributed by atoms with E-state index in [0.29, 0.717) is 10.6 Å². The summed E-state index contributed by atoms with van der Waals surface area (Å²) in [5.74, 6) is 1.45. The van der Waals surface area contributed by atoms with Crippen LogP contribution in [0, 0.1) is 14.9 Å². The molecule has 0 aliphatic rings. The first-order chi connectivity index (χ1) is 8.19. The van der Waals surface area contributed by atoms with Gasteiger partial charge in [0.25, 0.3) is 0 Å². The largest absolute Gasteiger partial charge is 0.456 e. The number of rotatable bonds is 2. The molecule has 0 heterocycles. The van der Waals surface area contributed by atoms with E-state index in [-0.39, 0.29) is 0 Å². The van der Waals surface area contributed by atoms with Gasteiger partial charge in [0.05, 0.1) is 15.2 Å². The van der Waals surface area contributed by atoms with E-state index in [1.54, 1.807) is 42.5 Å². The van der Waals surface area contributed by atoms with Crippen LogP contribution in [0.1, 0.15) is 5.56 Å². The molecule has 2 aromatic rings. The summed E-state index contributed by atoms with van der Waals surface area (Å²) < 4.78 is 6.59. The highest BCUT2D eigenvalue weighted by Gasteiger charge is 2.03. The van der Waals surface area contributed by atoms with Crippen molar-refractivity contribution < 1.29 is 4.74 Å². The fourth-order valence-electron chi connectivity index (χ4n) is 1.28. The Morgan fingerprint density at radius 3 is 2.41 bits per heavy atom. The maximum Gasteiger partial charge on any atom is 0.140 e. The summed E-state index contributed by atoms with van der Waals surface area (Å²) >= 11 is 7.93. The van der Waals surface area contributed by atoms with Gasteiger partial charge in [-0.25, -0.2) is 0 Å². The molecule has 2 aromatic carbocycles. The lowest BCUT2D eigenvalue weighted by Gasteiger charge is -2.07. The number of nitrogens with zero attached hydrogens (tertiary/aromatic N) is 1. The first-order valence-corrected chi connectivity index (χ1v) is 6.28. The number of benzene rings is 2. The SMILES string of the molecule is N#Cc1ccc(Oc2ccc(Cl)cc2)c(I)c1. The smallest absolute Gasteiger partial charge is 0.140 e. The topological polar surface area (TPSA) is 33.0 Å². The summed E-state index contributed by atoms with van der Waals surface area (Å²) in [6.07, 6.45) is 0. The zero-order chi connectivity index (χ0) is 12.3. The molecule has 0 unspecified atom stereocenters. The predicted molar refractivity (Wildman–Crippen MR) is 75.4 cm³/mol. The van der Waals surface area contributed by atoms with Crippen LogP contribution in [0.3, 0.4) is 0 Å². The van der Waals surface area contributed by atoms with Crippen molar-refractivity contribution in [1.82, 2.24) is 0 Å². The third-order valence-corrected chi connectivity index (χ3v) is 3.20. The van der Waals surface area contributed by atoms with Gasteiger partial charge in [-0.1, -0.05) is 11.6 Å². The van der Waals surface area contributed by atoms with Gasteiger partial charge >= 0.3 is 0 Å². The molecule has 0 bridgehead atoms. The standard InChI is InChI=1S/C13H7ClINO/c14-10-2-4-11(5-3-10)17-13-6-1-9(8-16)7-12(13)15/h1-7H. The van der Waals surface area contributed by atoms with E-state index in [4.69, 9.17) is 21.6 Å². The molecule has 0 aliphatic heterocycles. The van der Waals surface area contributed by atoms with Crippen LogP contribution in [0.15, 0.2) is 42.5 Å². The lowest BCUT2D eigenvalue weighted by molar-refractivity contribution is 0.479. The van der Waals surface area contributed by atoms with Crippen LogP contribution < -0.4 is 4.74 Å². The summed E-state index contributed by atoms with van der Waals surface area (Å²) in [4.78, 5) is 0. The zero-order valence-electron chi connectivity index (χ0n) is 8.65. The number of hydrogen-bond donors (Lipinski definition) is 0. The van der Waals surface area contributed by atoms with E-state index in [9.17, 15) is 0 Å². The summed E-state index contributed by atoms with van der Waals surface area (Å²) in [5.41, 5.74) is 0.623. The Bertz CT molecular complexity index is 575. The van der Waals surface area contributed by atoms with Crippen molar-refractivity contribution in [1.29, 1.82) is 5.26 Å². The summed E-state index contributed by atoms with van der Waals surface area (Å²) in [7, 11) is 0. The van der Waals surface area contributed by atoms with Crippen LogP contribution in [0.5, 0.6) is 11.5 Å². The van der Waals surface area contributed by atoms with Crippen molar-refractivity contribution >= 4 is 34.2 Å². The summed E-state index contributed by atoms with van der Waals surface area (Å²) in [6.45, 7) is 0. The molecule has 0 atom stereocenters. The van der Waals surface area contributed by atoms with Crippen molar-refractivity contribution in [3.63, 3.8) is 0 Å². The van der Waals surface area contributed by atoms with E-state index in [1.807, 2.05) is 0 Å². The van der Waals surface area contributed by atoms with Crippen LogP contribution >= 0.6 is 34.2 Å². The normalized spacial score (nSPS) is 9.71. The minimum Gasteiger partial charge on any atom is -0.456 e. The van der Waals surface area contributed by atoms with Gasteiger partial charge in [0.2, 0.25) is 0 Å². The van der Waals surface area contributed by atoms with Crippen LogP contribution in [0.25, 0.3) is 0 Å². The van der Waals surface area contributed by atoms with Crippen molar-refractivity contribution in [2.24, 2.45) is 0 Å². The molecule has 0 N–H and O–H groups in total. The third kappa shape index (κ3) is 3.11. The Morgan fingerprint density at radius 1 is 1.12 bits per heavy atom. The second-order valence-electron chi connectivity index (χ2n) is 3.31. The lowest BCUT2D eigenvalue weighted by Crippen LogP contribution is -1.88. The highest BCUT2D eigenvalue weighted by molar-refractivity contribution is 14.1. The van der Waals surface area contributed by atoms with E-state index in [1.165, 1.54) is 0 Å². The minimum absolute atomic E-state index is 0.623. The zero-order valence-corrected chi connectivity index (χ0v) is 11.6. The Morgan fingerprint density at radius 2 is 1.82 bits per heavy atom. The van der Waals surface area contributed by atoms with Gasteiger partial charge in [-0.05, 0) is 65.1 Å². The first-order valence-electron chi connectivity index (χ1n) is 4.82. The van der Waals surface area contributed by atoms with Crippen molar-refractivity contribution in [3.05, 3.63) is 56.6 Å².